The second kappa shape index (κ2) is 3.74. The highest BCUT2D eigenvalue weighted by Crippen LogP contribution is 2.31. The summed E-state index contributed by atoms with van der Waals surface area (Å²) in [5.41, 5.74) is 1.35. The fourth-order valence-electron chi connectivity index (χ4n) is 1.88. The Labute approximate surface area is 95.9 Å². The number of aromatic nitrogens is 2. The van der Waals surface area contributed by atoms with Crippen LogP contribution in [0.4, 0.5) is 5.82 Å². The van der Waals surface area contributed by atoms with Gasteiger partial charge in [-0.3, -0.25) is 4.98 Å². The summed E-state index contributed by atoms with van der Waals surface area (Å²) < 4.78 is 0. The van der Waals surface area contributed by atoms with E-state index in [4.69, 9.17) is 0 Å². The quantitative estimate of drug-likeness (QED) is 0.794. The van der Waals surface area contributed by atoms with E-state index in [0.717, 1.165) is 11.2 Å². The highest BCUT2D eigenvalue weighted by Gasteiger charge is 2.18. The molecule has 0 aromatic carbocycles. The predicted octanol–water partition coefficient (Wildman–Crippen LogP) is 2.97. The van der Waals surface area contributed by atoms with E-state index < -0.39 is 0 Å². The van der Waals surface area contributed by atoms with Crippen molar-refractivity contribution in [1.29, 1.82) is 0 Å². The van der Waals surface area contributed by atoms with Crippen molar-refractivity contribution in [3.63, 3.8) is 0 Å². The first kappa shape index (κ1) is 10.9. The van der Waals surface area contributed by atoms with Gasteiger partial charge in [-0.25, -0.2) is 4.98 Å². The molecule has 0 aliphatic heterocycles. The van der Waals surface area contributed by atoms with Gasteiger partial charge in [0.05, 0.1) is 0 Å². The number of hydrogen-bond donors (Lipinski definition) is 1. The average molecular weight is 215 g/mol. The van der Waals surface area contributed by atoms with Crippen molar-refractivity contribution in [3.8, 4) is 0 Å². The van der Waals surface area contributed by atoms with E-state index in [1.165, 1.54) is 10.9 Å². The van der Waals surface area contributed by atoms with Gasteiger partial charge < -0.3 is 5.32 Å². The first-order valence-electron chi connectivity index (χ1n) is 5.45. The van der Waals surface area contributed by atoms with E-state index in [0.29, 0.717) is 0 Å². The fourth-order valence-corrected chi connectivity index (χ4v) is 1.88. The second-order valence-electron chi connectivity index (χ2n) is 4.94. The van der Waals surface area contributed by atoms with Crippen LogP contribution in [0.1, 0.15) is 26.3 Å². The Morgan fingerprint density at radius 1 is 1.12 bits per heavy atom. The first-order chi connectivity index (χ1) is 7.54. The van der Waals surface area contributed by atoms with Crippen LogP contribution in [0.25, 0.3) is 10.8 Å². The lowest BCUT2D eigenvalue weighted by Gasteiger charge is -2.21. The third kappa shape index (κ3) is 1.73. The Morgan fingerprint density at radius 2 is 1.88 bits per heavy atom. The molecular formula is C13H17N3. The minimum atomic E-state index is 0.0961. The first-order valence-corrected chi connectivity index (χ1v) is 5.45. The van der Waals surface area contributed by atoms with Gasteiger partial charge in [0.1, 0.15) is 5.82 Å². The maximum Gasteiger partial charge on any atom is 0.135 e. The van der Waals surface area contributed by atoms with Crippen molar-refractivity contribution in [2.45, 2.75) is 26.2 Å². The van der Waals surface area contributed by atoms with Crippen LogP contribution in [0.5, 0.6) is 0 Å². The van der Waals surface area contributed by atoms with Crippen molar-refractivity contribution in [1.82, 2.24) is 9.97 Å². The van der Waals surface area contributed by atoms with Gasteiger partial charge in [0, 0.05) is 31.0 Å². The van der Waals surface area contributed by atoms with Gasteiger partial charge in [-0.15, -0.1) is 0 Å². The molecule has 0 fully saturated rings. The van der Waals surface area contributed by atoms with Gasteiger partial charge in [0.2, 0.25) is 0 Å². The van der Waals surface area contributed by atoms with E-state index in [2.05, 4.69) is 42.1 Å². The molecule has 0 radical (unpaired) electrons. The number of nitrogens with zero attached hydrogens (tertiary/aromatic N) is 2. The Balaban J connectivity index is 2.80. The fraction of sp³-hybridized carbons (Fsp3) is 0.385. The monoisotopic (exact) mass is 215 g/mol. The summed E-state index contributed by atoms with van der Waals surface area (Å²) in [6, 6.07) is 2.05. The summed E-state index contributed by atoms with van der Waals surface area (Å²) in [7, 11) is 1.88. The lowest BCUT2D eigenvalue weighted by molar-refractivity contribution is 0.593. The normalized spacial score (nSPS) is 11.8. The van der Waals surface area contributed by atoms with E-state index >= 15 is 0 Å². The van der Waals surface area contributed by atoms with Crippen molar-refractivity contribution in [2.75, 3.05) is 12.4 Å². The van der Waals surface area contributed by atoms with E-state index in [9.17, 15) is 0 Å². The van der Waals surface area contributed by atoms with Crippen LogP contribution in [0, 0.1) is 0 Å². The Hall–Kier alpha value is -1.64. The number of anilines is 1. The van der Waals surface area contributed by atoms with E-state index in [-0.39, 0.29) is 5.41 Å². The lowest BCUT2D eigenvalue weighted by atomic mass is 9.85. The van der Waals surface area contributed by atoms with Crippen LogP contribution in [-0.4, -0.2) is 17.0 Å². The third-order valence-corrected chi connectivity index (χ3v) is 2.73. The van der Waals surface area contributed by atoms with Crippen molar-refractivity contribution in [3.05, 3.63) is 30.2 Å². The molecule has 2 rings (SSSR count). The minimum absolute atomic E-state index is 0.0961. The molecule has 0 aliphatic rings. The molecule has 0 amide bonds. The predicted molar refractivity (Wildman–Crippen MR) is 67.8 cm³/mol. The Morgan fingerprint density at radius 3 is 2.50 bits per heavy atom. The molecule has 1 N–H and O–H groups in total. The summed E-state index contributed by atoms with van der Waals surface area (Å²) in [6.45, 7) is 6.59. The molecule has 2 aromatic rings. The maximum absolute atomic E-state index is 4.44. The van der Waals surface area contributed by atoms with E-state index in [1.54, 1.807) is 0 Å². The smallest absolute Gasteiger partial charge is 0.135 e. The molecule has 0 unspecified atom stereocenters. The molecule has 2 aromatic heterocycles. The van der Waals surface area contributed by atoms with Crippen molar-refractivity contribution in [2.24, 2.45) is 0 Å². The van der Waals surface area contributed by atoms with Gasteiger partial charge in [0.15, 0.2) is 0 Å². The molecular weight excluding hydrogens is 198 g/mol. The number of nitrogens with one attached hydrogen (secondary N) is 1. The summed E-state index contributed by atoms with van der Waals surface area (Å²) >= 11 is 0. The molecule has 16 heavy (non-hydrogen) atoms. The molecule has 3 nitrogen and oxygen atoms in total. The molecule has 3 heteroatoms. The van der Waals surface area contributed by atoms with E-state index in [1.807, 2.05) is 25.6 Å². The van der Waals surface area contributed by atoms with Gasteiger partial charge in [-0.1, -0.05) is 20.8 Å². The summed E-state index contributed by atoms with van der Waals surface area (Å²) in [4.78, 5) is 8.61. The zero-order chi connectivity index (χ0) is 11.8. The lowest BCUT2D eigenvalue weighted by Crippen LogP contribution is -2.13. The van der Waals surface area contributed by atoms with Gasteiger partial charge in [-0.2, -0.15) is 0 Å². The third-order valence-electron chi connectivity index (χ3n) is 2.73. The van der Waals surface area contributed by atoms with Crippen LogP contribution in [0.2, 0.25) is 0 Å². The number of rotatable bonds is 1. The summed E-state index contributed by atoms with van der Waals surface area (Å²) in [6.07, 6.45) is 5.65. The molecule has 0 atom stereocenters. The molecule has 2 heterocycles. The van der Waals surface area contributed by atoms with Gasteiger partial charge in [0.25, 0.3) is 0 Å². The zero-order valence-corrected chi connectivity index (χ0v) is 10.2. The molecule has 0 aliphatic carbocycles. The average Bonchev–Trinajstić information content (AvgIpc) is 2.26. The largest absolute Gasteiger partial charge is 0.373 e. The van der Waals surface area contributed by atoms with Crippen LogP contribution >= 0.6 is 0 Å². The Kier molecular flexibility index (Phi) is 2.54. The van der Waals surface area contributed by atoms with Crippen molar-refractivity contribution >= 4 is 16.6 Å². The van der Waals surface area contributed by atoms with Crippen LogP contribution in [-0.2, 0) is 5.41 Å². The van der Waals surface area contributed by atoms with Gasteiger partial charge in [-0.05, 0) is 22.4 Å². The highest BCUT2D eigenvalue weighted by atomic mass is 15.0. The van der Waals surface area contributed by atoms with Crippen molar-refractivity contribution < 1.29 is 0 Å². The molecule has 0 spiro atoms. The van der Waals surface area contributed by atoms with Crippen LogP contribution < -0.4 is 5.32 Å². The highest BCUT2D eigenvalue weighted by molar-refractivity contribution is 5.93. The zero-order valence-electron chi connectivity index (χ0n) is 10.2. The molecule has 0 saturated heterocycles. The number of fused-ring (bicyclic) bond motifs is 1. The molecule has 0 saturated carbocycles. The summed E-state index contributed by atoms with van der Waals surface area (Å²) in [5.74, 6) is 0.885. The number of pyridine rings is 2. The number of hydrogen-bond acceptors (Lipinski definition) is 3. The van der Waals surface area contributed by atoms with Crippen LogP contribution in [0.15, 0.2) is 24.7 Å². The maximum atomic E-state index is 4.44. The minimum Gasteiger partial charge on any atom is -0.373 e. The summed E-state index contributed by atoms with van der Waals surface area (Å²) in [5, 5.41) is 5.40. The second-order valence-corrected chi connectivity index (χ2v) is 4.94. The molecule has 84 valence electrons. The Bertz CT molecular complexity index is 512. The standard InChI is InChI=1S/C13H17N3/c1-13(2,3)11-8-16-12(14-4)10-7-15-6-5-9(10)11/h5-8H,1-4H3,(H,14,16). The van der Waals surface area contributed by atoms with Crippen LogP contribution in [0.3, 0.4) is 0 Å². The topological polar surface area (TPSA) is 37.8 Å². The van der Waals surface area contributed by atoms with Gasteiger partial charge >= 0.3 is 0 Å². The molecule has 0 bridgehead atoms. The SMILES string of the molecule is CNc1ncc(C(C)(C)C)c2ccncc12.